The van der Waals surface area contributed by atoms with Crippen LogP contribution in [0.1, 0.15) is 89.5 Å². The highest BCUT2D eigenvalue weighted by Crippen LogP contribution is 2.40. The number of likely N-dealkylation sites (tertiary alicyclic amines) is 1. The van der Waals surface area contributed by atoms with Gasteiger partial charge in [-0.25, -0.2) is 4.39 Å². The Bertz CT molecular complexity index is 1110. The molecule has 206 valence electrons. The Hall–Kier alpha value is -2.99. The first kappa shape index (κ1) is 29.6. The summed E-state index contributed by atoms with van der Waals surface area (Å²) in [5.41, 5.74) is 2.23. The Morgan fingerprint density at radius 2 is 1.45 bits per heavy atom. The summed E-state index contributed by atoms with van der Waals surface area (Å²) in [5.74, 6) is -2.02. The summed E-state index contributed by atoms with van der Waals surface area (Å²) in [5, 5.41) is 11.2. The first-order valence-corrected chi connectivity index (χ1v) is 14.0. The van der Waals surface area contributed by atoms with Gasteiger partial charge in [0.05, 0.1) is 11.6 Å². The molecule has 1 aliphatic rings. The molecular weight excluding hydrogens is 479 g/mol. The molecule has 1 amide bonds. The molecule has 5 nitrogen and oxygen atoms in total. The number of hydrogen-bond acceptors (Lipinski definition) is 4. The van der Waals surface area contributed by atoms with Crippen molar-refractivity contribution in [3.63, 3.8) is 0 Å². The Balaban J connectivity index is 1.95. The third-order valence-corrected chi connectivity index (χ3v) is 7.28. The molecule has 0 bridgehead atoms. The molecular formula is C32H43FN2O3. The summed E-state index contributed by atoms with van der Waals surface area (Å²) in [7, 11) is 0. The maximum Gasteiger partial charge on any atom is 0.295 e. The smallest absolute Gasteiger partial charge is 0.295 e. The SMILES string of the molecule is CCCCN(CCCC)CCCN1C(=O)C(=O)/C(=C(/O)c2ccc(F)cc2)C1c1ccc(C(C)(C)C)cc1. The fourth-order valence-electron chi connectivity index (χ4n) is 4.95. The van der Waals surface area contributed by atoms with Crippen molar-refractivity contribution in [2.24, 2.45) is 0 Å². The van der Waals surface area contributed by atoms with E-state index in [4.69, 9.17) is 0 Å². The average molecular weight is 523 g/mol. The van der Waals surface area contributed by atoms with Gasteiger partial charge in [0.1, 0.15) is 11.6 Å². The van der Waals surface area contributed by atoms with Crippen LogP contribution in [0.2, 0.25) is 0 Å². The number of benzene rings is 2. The zero-order chi connectivity index (χ0) is 27.9. The standard InChI is InChI=1S/C32H43FN2O3/c1-6-8-19-34(20-9-7-2)21-10-22-35-28(23-11-15-25(16-12-23)32(3,4)5)27(30(37)31(35)38)29(36)24-13-17-26(33)18-14-24/h11-18,28,36H,6-10,19-22H2,1-5H3/b29-27+. The second-order valence-electron chi connectivity index (χ2n) is 11.3. The lowest BCUT2D eigenvalue weighted by Crippen LogP contribution is -2.34. The van der Waals surface area contributed by atoms with Crippen molar-refractivity contribution in [2.75, 3.05) is 26.2 Å². The van der Waals surface area contributed by atoms with E-state index in [0.717, 1.165) is 62.9 Å². The van der Waals surface area contributed by atoms with Gasteiger partial charge in [0, 0.05) is 12.1 Å². The van der Waals surface area contributed by atoms with Crippen LogP contribution in [0.25, 0.3) is 5.76 Å². The molecule has 0 saturated carbocycles. The number of Topliss-reactive ketones (excluding diaryl/α,β-unsaturated/α-hetero) is 1. The Morgan fingerprint density at radius 1 is 0.895 bits per heavy atom. The predicted octanol–water partition coefficient (Wildman–Crippen LogP) is 6.84. The maximum absolute atomic E-state index is 13.5. The van der Waals surface area contributed by atoms with Crippen LogP contribution in [0, 0.1) is 5.82 Å². The number of hydrogen-bond donors (Lipinski definition) is 1. The summed E-state index contributed by atoms with van der Waals surface area (Å²) in [6.45, 7) is 14.1. The van der Waals surface area contributed by atoms with E-state index in [1.165, 1.54) is 24.3 Å². The zero-order valence-electron chi connectivity index (χ0n) is 23.6. The molecule has 1 fully saturated rings. The third-order valence-electron chi connectivity index (χ3n) is 7.28. The van der Waals surface area contributed by atoms with Crippen LogP contribution in [-0.2, 0) is 15.0 Å². The van der Waals surface area contributed by atoms with Gasteiger partial charge in [-0.15, -0.1) is 0 Å². The van der Waals surface area contributed by atoms with E-state index in [-0.39, 0.29) is 16.7 Å². The van der Waals surface area contributed by atoms with Crippen molar-refractivity contribution in [3.8, 4) is 0 Å². The fraction of sp³-hybridized carbons (Fsp3) is 0.500. The molecule has 2 aromatic carbocycles. The summed E-state index contributed by atoms with van der Waals surface area (Å²) < 4.78 is 13.5. The van der Waals surface area contributed by atoms with Crippen molar-refractivity contribution in [1.29, 1.82) is 0 Å². The number of halogens is 1. The highest BCUT2D eigenvalue weighted by atomic mass is 19.1. The second kappa shape index (κ2) is 13.2. The lowest BCUT2D eigenvalue weighted by atomic mass is 9.85. The van der Waals surface area contributed by atoms with Gasteiger partial charge in [-0.05, 0) is 79.7 Å². The maximum atomic E-state index is 13.5. The van der Waals surface area contributed by atoms with Crippen molar-refractivity contribution in [2.45, 2.75) is 78.2 Å². The Morgan fingerprint density at radius 3 is 1.97 bits per heavy atom. The highest BCUT2D eigenvalue weighted by molar-refractivity contribution is 6.46. The van der Waals surface area contributed by atoms with E-state index in [2.05, 4.69) is 39.5 Å². The minimum absolute atomic E-state index is 0.0467. The molecule has 2 aromatic rings. The highest BCUT2D eigenvalue weighted by Gasteiger charge is 2.45. The largest absolute Gasteiger partial charge is 0.507 e. The number of aliphatic hydroxyl groups is 1. The van der Waals surface area contributed by atoms with Gasteiger partial charge in [-0.1, -0.05) is 71.7 Å². The number of amides is 1. The topological polar surface area (TPSA) is 60.9 Å². The van der Waals surface area contributed by atoms with Gasteiger partial charge in [0.15, 0.2) is 0 Å². The second-order valence-corrected chi connectivity index (χ2v) is 11.3. The van der Waals surface area contributed by atoms with Crippen LogP contribution in [-0.4, -0.2) is 52.8 Å². The zero-order valence-corrected chi connectivity index (χ0v) is 23.6. The van der Waals surface area contributed by atoms with Crippen LogP contribution in [0.4, 0.5) is 4.39 Å². The average Bonchev–Trinajstić information content (AvgIpc) is 3.14. The molecule has 1 N–H and O–H groups in total. The molecule has 0 radical (unpaired) electrons. The van der Waals surface area contributed by atoms with Gasteiger partial charge in [-0.3, -0.25) is 9.59 Å². The Labute approximate surface area is 227 Å². The van der Waals surface area contributed by atoms with E-state index in [0.29, 0.717) is 12.1 Å². The normalized spacial score (nSPS) is 17.6. The number of aliphatic hydroxyl groups excluding tert-OH is 1. The number of carbonyl (C=O) groups excluding carboxylic acids is 2. The van der Waals surface area contributed by atoms with Crippen LogP contribution in [0.3, 0.4) is 0 Å². The number of ketones is 1. The van der Waals surface area contributed by atoms with Crippen molar-refractivity contribution in [3.05, 3.63) is 76.6 Å². The molecule has 0 aromatic heterocycles. The van der Waals surface area contributed by atoms with Crippen molar-refractivity contribution in [1.82, 2.24) is 9.80 Å². The van der Waals surface area contributed by atoms with Crippen LogP contribution < -0.4 is 0 Å². The lowest BCUT2D eigenvalue weighted by molar-refractivity contribution is -0.140. The van der Waals surface area contributed by atoms with E-state index in [9.17, 15) is 19.1 Å². The number of nitrogens with zero attached hydrogens (tertiary/aromatic N) is 2. The number of carbonyl (C=O) groups is 2. The molecule has 1 aliphatic heterocycles. The van der Waals surface area contributed by atoms with Crippen LogP contribution in [0.15, 0.2) is 54.1 Å². The van der Waals surface area contributed by atoms with Crippen molar-refractivity contribution >= 4 is 17.4 Å². The van der Waals surface area contributed by atoms with Crippen molar-refractivity contribution < 1.29 is 19.1 Å². The summed E-state index contributed by atoms with van der Waals surface area (Å²) >= 11 is 0. The van der Waals surface area contributed by atoms with E-state index in [1.54, 1.807) is 4.90 Å². The number of rotatable bonds is 12. The van der Waals surface area contributed by atoms with E-state index in [1.807, 2.05) is 24.3 Å². The van der Waals surface area contributed by atoms with E-state index >= 15 is 0 Å². The summed E-state index contributed by atoms with van der Waals surface area (Å²) in [6.07, 6.45) is 5.25. The van der Waals surface area contributed by atoms with Gasteiger partial charge in [0.25, 0.3) is 11.7 Å². The van der Waals surface area contributed by atoms with Gasteiger partial charge < -0.3 is 14.9 Å². The van der Waals surface area contributed by atoms with E-state index < -0.39 is 23.5 Å². The molecule has 3 rings (SSSR count). The lowest BCUT2D eigenvalue weighted by Gasteiger charge is -2.28. The summed E-state index contributed by atoms with van der Waals surface area (Å²) in [6, 6.07) is 12.5. The molecule has 1 unspecified atom stereocenters. The molecule has 1 saturated heterocycles. The minimum atomic E-state index is -0.703. The van der Waals surface area contributed by atoms with Gasteiger partial charge in [0.2, 0.25) is 0 Å². The third kappa shape index (κ3) is 7.10. The predicted molar refractivity (Wildman–Crippen MR) is 151 cm³/mol. The first-order valence-electron chi connectivity index (χ1n) is 14.0. The quantitative estimate of drug-likeness (QED) is 0.188. The fourth-order valence-corrected chi connectivity index (χ4v) is 4.95. The molecule has 1 atom stereocenters. The van der Waals surface area contributed by atoms with Gasteiger partial charge in [-0.2, -0.15) is 0 Å². The van der Waals surface area contributed by atoms with Crippen LogP contribution in [0.5, 0.6) is 0 Å². The molecule has 0 spiro atoms. The van der Waals surface area contributed by atoms with Crippen LogP contribution >= 0.6 is 0 Å². The first-order chi connectivity index (χ1) is 18.1. The molecule has 6 heteroatoms. The number of unbranched alkanes of at least 4 members (excludes halogenated alkanes) is 2. The molecule has 0 aliphatic carbocycles. The molecule has 1 heterocycles. The molecule has 38 heavy (non-hydrogen) atoms. The van der Waals surface area contributed by atoms with Gasteiger partial charge >= 0.3 is 0 Å². The summed E-state index contributed by atoms with van der Waals surface area (Å²) in [4.78, 5) is 30.6. The minimum Gasteiger partial charge on any atom is -0.507 e. The monoisotopic (exact) mass is 522 g/mol. The Kier molecular flexibility index (Phi) is 10.3.